The summed E-state index contributed by atoms with van der Waals surface area (Å²) in [4.78, 5) is 54.9. The standard InChI is InChI=1S/C27H27N7O5/c1-17-6-7-21(10-18(17)2)32-15-20(12-24(32)35)26(36)28-8-9-33-25-23(13-30-33)27(37)31(16-29-25)14-19-4-3-5-22(11-19)34(38)39/h3-7,10-11,13,16,20H,8-9,12,14-15H2,1-2H3,(H,28,36). The number of aromatic nitrogens is 4. The van der Waals surface area contributed by atoms with Crippen LogP contribution in [0.5, 0.6) is 0 Å². The number of amides is 2. The average molecular weight is 530 g/mol. The van der Waals surface area contributed by atoms with E-state index in [2.05, 4.69) is 15.4 Å². The molecule has 3 heterocycles. The van der Waals surface area contributed by atoms with Gasteiger partial charge in [-0.2, -0.15) is 5.10 Å². The van der Waals surface area contributed by atoms with E-state index in [1.54, 1.807) is 17.0 Å². The van der Waals surface area contributed by atoms with Gasteiger partial charge in [-0.05, 0) is 42.7 Å². The Hall–Kier alpha value is -4.87. The number of hydrogen-bond acceptors (Lipinski definition) is 7. The van der Waals surface area contributed by atoms with Gasteiger partial charge in [0.25, 0.3) is 11.2 Å². The van der Waals surface area contributed by atoms with E-state index in [0.717, 1.165) is 16.8 Å². The highest BCUT2D eigenvalue weighted by Crippen LogP contribution is 2.27. The number of aryl methyl sites for hydroxylation is 2. The predicted molar refractivity (Wildman–Crippen MR) is 143 cm³/mol. The van der Waals surface area contributed by atoms with Gasteiger partial charge in [0.05, 0.1) is 30.1 Å². The Morgan fingerprint density at radius 3 is 2.74 bits per heavy atom. The molecule has 2 amide bonds. The topological polar surface area (TPSA) is 145 Å². The summed E-state index contributed by atoms with van der Waals surface area (Å²) in [6, 6.07) is 11.9. The number of nitro benzene ring substituents is 1. The monoisotopic (exact) mass is 529 g/mol. The van der Waals surface area contributed by atoms with Gasteiger partial charge in [0.15, 0.2) is 5.65 Å². The molecule has 12 nitrogen and oxygen atoms in total. The molecule has 5 rings (SSSR count). The lowest BCUT2D eigenvalue weighted by Gasteiger charge is -2.18. The first kappa shape index (κ1) is 25.8. The van der Waals surface area contributed by atoms with E-state index in [9.17, 15) is 24.5 Å². The number of nitrogens with zero attached hydrogens (tertiary/aromatic N) is 6. The minimum Gasteiger partial charge on any atom is -0.354 e. The highest BCUT2D eigenvalue weighted by atomic mass is 16.6. The zero-order valence-electron chi connectivity index (χ0n) is 21.5. The van der Waals surface area contributed by atoms with Crippen molar-refractivity contribution >= 4 is 34.2 Å². The molecule has 2 aromatic heterocycles. The number of carbonyl (C=O) groups excluding carboxylic acids is 2. The van der Waals surface area contributed by atoms with Crippen LogP contribution in [0.15, 0.2) is 59.8 Å². The van der Waals surface area contributed by atoms with E-state index in [4.69, 9.17) is 0 Å². The molecular formula is C27H27N7O5. The molecule has 1 unspecified atom stereocenters. The van der Waals surface area contributed by atoms with Gasteiger partial charge in [-0.3, -0.25) is 29.1 Å². The van der Waals surface area contributed by atoms with Gasteiger partial charge in [-0.15, -0.1) is 0 Å². The third-order valence-electron chi connectivity index (χ3n) is 7.02. The van der Waals surface area contributed by atoms with Crippen molar-refractivity contribution in [3.8, 4) is 0 Å². The largest absolute Gasteiger partial charge is 0.354 e. The van der Waals surface area contributed by atoms with E-state index in [1.807, 2.05) is 32.0 Å². The molecule has 1 aliphatic heterocycles. The predicted octanol–water partition coefficient (Wildman–Crippen LogP) is 2.34. The molecule has 12 heteroatoms. The lowest BCUT2D eigenvalue weighted by atomic mass is 10.1. The molecule has 0 spiro atoms. The SMILES string of the molecule is Cc1ccc(N2CC(C(=O)NCCn3ncc4c(=O)n(Cc5cccc([N+](=O)[O-])c5)cnc43)CC2=O)cc1C. The van der Waals surface area contributed by atoms with Crippen molar-refractivity contribution in [1.29, 1.82) is 0 Å². The van der Waals surface area contributed by atoms with Crippen LogP contribution in [0.2, 0.25) is 0 Å². The van der Waals surface area contributed by atoms with Gasteiger partial charge in [0, 0.05) is 37.3 Å². The maximum atomic E-state index is 13.0. The second kappa shape index (κ2) is 10.5. The quantitative estimate of drug-likeness (QED) is 0.272. The molecule has 1 fully saturated rings. The Labute approximate surface area is 223 Å². The molecule has 1 saturated heterocycles. The molecular weight excluding hydrogens is 502 g/mol. The zero-order chi connectivity index (χ0) is 27.7. The molecule has 0 bridgehead atoms. The summed E-state index contributed by atoms with van der Waals surface area (Å²) in [5.41, 5.74) is 3.63. The lowest BCUT2D eigenvalue weighted by Crippen LogP contribution is -2.35. The van der Waals surface area contributed by atoms with E-state index >= 15 is 0 Å². The average Bonchev–Trinajstić information content (AvgIpc) is 3.51. The van der Waals surface area contributed by atoms with Crippen LogP contribution in [0.25, 0.3) is 11.0 Å². The Morgan fingerprint density at radius 1 is 1.15 bits per heavy atom. The van der Waals surface area contributed by atoms with Gasteiger partial charge in [0.1, 0.15) is 11.7 Å². The van der Waals surface area contributed by atoms with Gasteiger partial charge >= 0.3 is 0 Å². The second-order valence-electron chi connectivity index (χ2n) is 9.67. The number of hydrogen-bond donors (Lipinski definition) is 1. The summed E-state index contributed by atoms with van der Waals surface area (Å²) in [5.74, 6) is -0.743. The van der Waals surface area contributed by atoms with Crippen LogP contribution < -0.4 is 15.8 Å². The van der Waals surface area contributed by atoms with Gasteiger partial charge in [-0.25, -0.2) is 9.67 Å². The number of benzene rings is 2. The number of fused-ring (bicyclic) bond motifs is 1. The van der Waals surface area contributed by atoms with Crippen molar-refractivity contribution in [2.45, 2.75) is 33.4 Å². The van der Waals surface area contributed by atoms with Crippen LogP contribution in [-0.4, -0.2) is 49.2 Å². The van der Waals surface area contributed by atoms with Crippen molar-refractivity contribution in [2.24, 2.45) is 5.92 Å². The highest BCUT2D eigenvalue weighted by molar-refractivity contribution is 6.00. The van der Waals surface area contributed by atoms with E-state index in [1.165, 1.54) is 33.9 Å². The number of non-ortho nitro benzene ring substituents is 1. The normalized spacial score (nSPS) is 15.2. The zero-order valence-corrected chi connectivity index (χ0v) is 21.5. The Kier molecular flexibility index (Phi) is 6.92. The fraction of sp³-hybridized carbons (Fsp3) is 0.296. The third-order valence-corrected chi connectivity index (χ3v) is 7.02. The summed E-state index contributed by atoms with van der Waals surface area (Å²) < 4.78 is 2.91. The van der Waals surface area contributed by atoms with Crippen molar-refractivity contribution in [2.75, 3.05) is 18.0 Å². The molecule has 1 N–H and O–H groups in total. The third kappa shape index (κ3) is 5.26. The van der Waals surface area contributed by atoms with Gasteiger partial charge in [-0.1, -0.05) is 18.2 Å². The first-order valence-corrected chi connectivity index (χ1v) is 12.5. The number of carbonyl (C=O) groups is 2. The summed E-state index contributed by atoms with van der Waals surface area (Å²) in [6.07, 6.45) is 2.95. The maximum Gasteiger partial charge on any atom is 0.269 e. The van der Waals surface area contributed by atoms with Crippen LogP contribution in [0, 0.1) is 29.9 Å². The minimum absolute atomic E-state index is 0.0515. The van der Waals surface area contributed by atoms with Crippen molar-refractivity contribution in [1.82, 2.24) is 24.6 Å². The molecule has 2 aromatic carbocycles. The molecule has 0 radical (unpaired) electrons. The summed E-state index contributed by atoms with van der Waals surface area (Å²) in [6.45, 7) is 4.99. The second-order valence-corrected chi connectivity index (χ2v) is 9.67. The highest BCUT2D eigenvalue weighted by Gasteiger charge is 2.35. The van der Waals surface area contributed by atoms with E-state index in [0.29, 0.717) is 23.1 Å². The minimum atomic E-state index is -0.484. The first-order chi connectivity index (χ1) is 18.7. The van der Waals surface area contributed by atoms with Crippen molar-refractivity contribution < 1.29 is 14.5 Å². The molecule has 0 saturated carbocycles. The maximum absolute atomic E-state index is 13.0. The van der Waals surface area contributed by atoms with Crippen LogP contribution in [0.1, 0.15) is 23.1 Å². The summed E-state index contributed by atoms with van der Waals surface area (Å²) in [7, 11) is 0. The smallest absolute Gasteiger partial charge is 0.269 e. The molecule has 1 atom stereocenters. The van der Waals surface area contributed by atoms with Crippen molar-refractivity contribution in [3.63, 3.8) is 0 Å². The summed E-state index contributed by atoms with van der Waals surface area (Å²) in [5, 5.41) is 18.5. The molecule has 4 aromatic rings. The molecule has 200 valence electrons. The molecule has 39 heavy (non-hydrogen) atoms. The van der Waals surface area contributed by atoms with Gasteiger partial charge in [0.2, 0.25) is 11.8 Å². The Balaban J connectivity index is 1.21. The van der Waals surface area contributed by atoms with E-state index < -0.39 is 10.8 Å². The van der Waals surface area contributed by atoms with Crippen LogP contribution in [0.3, 0.4) is 0 Å². The van der Waals surface area contributed by atoms with Crippen molar-refractivity contribution in [3.05, 3.63) is 92.1 Å². The van der Waals surface area contributed by atoms with Crippen LogP contribution in [-0.2, 0) is 22.7 Å². The molecule has 0 aliphatic carbocycles. The number of nitro groups is 1. The number of anilines is 1. The van der Waals surface area contributed by atoms with E-state index in [-0.39, 0.29) is 49.1 Å². The van der Waals surface area contributed by atoms with Crippen LogP contribution in [0.4, 0.5) is 11.4 Å². The number of nitrogens with one attached hydrogen (secondary N) is 1. The number of rotatable bonds is 8. The van der Waals surface area contributed by atoms with Crippen LogP contribution >= 0.6 is 0 Å². The fourth-order valence-corrected chi connectivity index (χ4v) is 4.69. The lowest BCUT2D eigenvalue weighted by molar-refractivity contribution is -0.384. The Bertz CT molecular complexity index is 1660. The summed E-state index contributed by atoms with van der Waals surface area (Å²) >= 11 is 0. The fourth-order valence-electron chi connectivity index (χ4n) is 4.69. The Morgan fingerprint density at radius 2 is 1.97 bits per heavy atom. The first-order valence-electron chi connectivity index (χ1n) is 12.5. The van der Waals surface area contributed by atoms with Gasteiger partial charge < -0.3 is 10.2 Å². The molecule has 1 aliphatic rings.